The van der Waals surface area contributed by atoms with Crippen LogP contribution in [0.2, 0.25) is 0 Å². The van der Waals surface area contributed by atoms with E-state index in [0.717, 1.165) is 5.56 Å². The molecule has 0 bridgehead atoms. The molecule has 0 amide bonds. The minimum absolute atomic E-state index is 0. The van der Waals surface area contributed by atoms with Gasteiger partial charge >= 0.3 is 11.9 Å². The van der Waals surface area contributed by atoms with Crippen LogP contribution in [0.3, 0.4) is 0 Å². The molecule has 0 saturated heterocycles. The zero-order chi connectivity index (χ0) is 17.5. The van der Waals surface area contributed by atoms with E-state index < -0.39 is 11.5 Å². The fourth-order valence-corrected chi connectivity index (χ4v) is 2.26. The second-order valence-electron chi connectivity index (χ2n) is 7.21. The van der Waals surface area contributed by atoms with Crippen molar-refractivity contribution in [1.29, 1.82) is 0 Å². The Labute approximate surface area is 152 Å². The van der Waals surface area contributed by atoms with Crippen LogP contribution in [0.25, 0.3) is 0 Å². The molecule has 0 unspecified atom stereocenters. The SMILES string of the molecule is CC(C)C[C@H](CC(=O)OC(C)(C)C)C(=O)OCc1ccccc1.S. The van der Waals surface area contributed by atoms with Crippen LogP contribution in [-0.2, 0) is 25.7 Å². The van der Waals surface area contributed by atoms with Crippen molar-refractivity contribution < 1.29 is 19.1 Å². The third-order valence-electron chi connectivity index (χ3n) is 3.15. The number of rotatable bonds is 7. The molecule has 0 heterocycles. The highest BCUT2D eigenvalue weighted by atomic mass is 32.1. The summed E-state index contributed by atoms with van der Waals surface area (Å²) in [5.74, 6) is -0.867. The summed E-state index contributed by atoms with van der Waals surface area (Å²) in [6.07, 6.45) is 0.663. The summed E-state index contributed by atoms with van der Waals surface area (Å²) in [7, 11) is 0. The number of benzene rings is 1. The first-order valence-corrected chi connectivity index (χ1v) is 8.10. The molecule has 0 spiro atoms. The predicted octanol–water partition coefficient (Wildman–Crippen LogP) is 4.24. The van der Waals surface area contributed by atoms with Gasteiger partial charge in [-0.15, -0.1) is 0 Å². The van der Waals surface area contributed by atoms with Crippen LogP contribution in [0.5, 0.6) is 0 Å². The molecule has 0 fully saturated rings. The Hall–Kier alpha value is -1.49. The van der Waals surface area contributed by atoms with Gasteiger partial charge in [0.25, 0.3) is 0 Å². The largest absolute Gasteiger partial charge is 0.461 e. The summed E-state index contributed by atoms with van der Waals surface area (Å²) in [6, 6.07) is 9.51. The van der Waals surface area contributed by atoms with Gasteiger partial charge in [0, 0.05) is 0 Å². The summed E-state index contributed by atoms with van der Waals surface area (Å²) in [4.78, 5) is 24.3. The molecule has 0 aromatic heterocycles. The molecule has 24 heavy (non-hydrogen) atoms. The number of carbonyl (C=O) groups is 2. The number of esters is 2. The lowest BCUT2D eigenvalue weighted by Crippen LogP contribution is -2.28. The Morgan fingerprint density at radius 1 is 1.08 bits per heavy atom. The second-order valence-corrected chi connectivity index (χ2v) is 7.21. The van der Waals surface area contributed by atoms with Gasteiger partial charge in [-0.25, -0.2) is 0 Å². The van der Waals surface area contributed by atoms with E-state index >= 15 is 0 Å². The summed E-state index contributed by atoms with van der Waals surface area (Å²) >= 11 is 0. The van der Waals surface area contributed by atoms with Crippen LogP contribution in [0.15, 0.2) is 30.3 Å². The molecule has 4 nitrogen and oxygen atoms in total. The van der Waals surface area contributed by atoms with Gasteiger partial charge < -0.3 is 9.47 Å². The summed E-state index contributed by atoms with van der Waals surface area (Å²) in [6.45, 7) is 9.71. The van der Waals surface area contributed by atoms with E-state index in [0.29, 0.717) is 12.3 Å². The third kappa shape index (κ3) is 9.60. The van der Waals surface area contributed by atoms with Gasteiger partial charge in [-0.1, -0.05) is 44.2 Å². The predicted molar refractivity (Wildman–Crippen MR) is 100 cm³/mol. The van der Waals surface area contributed by atoms with Gasteiger partial charge in [0.2, 0.25) is 0 Å². The Balaban J connectivity index is 0.00000529. The first kappa shape index (κ1) is 22.5. The van der Waals surface area contributed by atoms with Crippen LogP contribution in [0, 0.1) is 11.8 Å². The first-order valence-electron chi connectivity index (χ1n) is 8.10. The maximum absolute atomic E-state index is 12.3. The summed E-state index contributed by atoms with van der Waals surface area (Å²) in [5.41, 5.74) is 0.384. The zero-order valence-electron chi connectivity index (χ0n) is 15.3. The molecule has 1 aromatic rings. The van der Waals surface area contributed by atoms with Crippen LogP contribution in [0.4, 0.5) is 0 Å². The molecule has 0 radical (unpaired) electrons. The van der Waals surface area contributed by atoms with Gasteiger partial charge in [0.05, 0.1) is 12.3 Å². The fraction of sp³-hybridized carbons (Fsp3) is 0.579. The maximum Gasteiger partial charge on any atom is 0.309 e. The highest BCUT2D eigenvalue weighted by molar-refractivity contribution is 7.59. The minimum atomic E-state index is -0.548. The zero-order valence-corrected chi connectivity index (χ0v) is 16.3. The Kier molecular flexibility index (Phi) is 9.75. The van der Waals surface area contributed by atoms with E-state index in [1.807, 2.05) is 65.0 Å². The fourth-order valence-electron chi connectivity index (χ4n) is 2.26. The van der Waals surface area contributed by atoms with Crippen LogP contribution in [-0.4, -0.2) is 17.5 Å². The topological polar surface area (TPSA) is 52.6 Å². The second kappa shape index (κ2) is 10.4. The maximum atomic E-state index is 12.3. The van der Waals surface area contributed by atoms with E-state index in [1.54, 1.807) is 0 Å². The number of carbonyl (C=O) groups excluding carboxylic acids is 2. The Bertz CT molecular complexity index is 506. The van der Waals surface area contributed by atoms with Crippen molar-refractivity contribution in [3.8, 4) is 0 Å². The molecule has 0 aliphatic carbocycles. The van der Waals surface area contributed by atoms with Gasteiger partial charge in [0.1, 0.15) is 12.2 Å². The molecule has 1 aromatic carbocycles. The molecular formula is C19H30O4S. The lowest BCUT2D eigenvalue weighted by atomic mass is 9.94. The van der Waals surface area contributed by atoms with Crippen molar-refractivity contribution >= 4 is 25.4 Å². The molecule has 0 N–H and O–H groups in total. The van der Waals surface area contributed by atoms with Gasteiger partial charge in [-0.05, 0) is 38.7 Å². The van der Waals surface area contributed by atoms with Crippen molar-refractivity contribution in [1.82, 2.24) is 0 Å². The van der Waals surface area contributed by atoms with Crippen molar-refractivity contribution in [2.24, 2.45) is 11.8 Å². The van der Waals surface area contributed by atoms with Crippen LogP contribution in [0.1, 0.15) is 53.0 Å². The quantitative estimate of drug-likeness (QED) is 0.687. The van der Waals surface area contributed by atoms with E-state index in [-0.39, 0.29) is 38.5 Å². The highest BCUT2D eigenvalue weighted by Gasteiger charge is 2.27. The van der Waals surface area contributed by atoms with E-state index in [9.17, 15) is 9.59 Å². The van der Waals surface area contributed by atoms with Crippen LogP contribution < -0.4 is 0 Å². The highest BCUT2D eigenvalue weighted by Crippen LogP contribution is 2.20. The molecule has 5 heteroatoms. The first-order chi connectivity index (χ1) is 10.7. The standard InChI is InChI=1S/C19H28O4.H2S/c1-14(2)11-16(12-17(20)23-19(3,4)5)18(21)22-13-15-9-7-6-8-10-15;/h6-10,14,16H,11-13H2,1-5H3;1H2/t16-;/m1./s1. The normalized spacial score (nSPS) is 12.2. The van der Waals surface area contributed by atoms with Crippen molar-refractivity contribution in [3.05, 3.63) is 35.9 Å². The van der Waals surface area contributed by atoms with E-state index in [2.05, 4.69) is 0 Å². The van der Waals surface area contributed by atoms with Crippen molar-refractivity contribution in [2.75, 3.05) is 0 Å². The molecule has 0 saturated carbocycles. The monoisotopic (exact) mass is 354 g/mol. The number of hydrogen-bond donors (Lipinski definition) is 0. The van der Waals surface area contributed by atoms with Crippen LogP contribution >= 0.6 is 13.5 Å². The van der Waals surface area contributed by atoms with E-state index in [1.165, 1.54) is 0 Å². The molecule has 0 aliphatic rings. The van der Waals surface area contributed by atoms with Gasteiger partial charge in [0.15, 0.2) is 0 Å². The Morgan fingerprint density at radius 3 is 2.17 bits per heavy atom. The minimum Gasteiger partial charge on any atom is -0.461 e. The molecular weight excluding hydrogens is 324 g/mol. The van der Waals surface area contributed by atoms with Crippen molar-refractivity contribution in [3.63, 3.8) is 0 Å². The average Bonchev–Trinajstić information content (AvgIpc) is 2.42. The smallest absolute Gasteiger partial charge is 0.309 e. The Morgan fingerprint density at radius 2 is 1.67 bits per heavy atom. The molecule has 0 aliphatic heterocycles. The number of hydrogen-bond acceptors (Lipinski definition) is 4. The molecule has 1 atom stereocenters. The van der Waals surface area contributed by atoms with Gasteiger partial charge in [-0.2, -0.15) is 13.5 Å². The lowest BCUT2D eigenvalue weighted by Gasteiger charge is -2.22. The van der Waals surface area contributed by atoms with E-state index in [4.69, 9.17) is 9.47 Å². The van der Waals surface area contributed by atoms with Gasteiger partial charge in [-0.3, -0.25) is 9.59 Å². The lowest BCUT2D eigenvalue weighted by molar-refractivity contribution is -0.162. The average molecular weight is 355 g/mol. The summed E-state index contributed by atoms with van der Waals surface area (Å²) < 4.78 is 10.7. The molecule has 1 rings (SSSR count). The van der Waals surface area contributed by atoms with Crippen molar-refractivity contribution in [2.45, 2.75) is 59.7 Å². The third-order valence-corrected chi connectivity index (χ3v) is 3.15. The summed E-state index contributed by atoms with van der Waals surface area (Å²) in [5, 5.41) is 0. The number of ether oxygens (including phenoxy) is 2. The molecule has 136 valence electrons.